The maximum atomic E-state index is 12.4. The Labute approximate surface area is 129 Å². The molecule has 2 aromatic rings. The Balaban J connectivity index is 1.56. The second-order valence-electron chi connectivity index (χ2n) is 5.43. The fourth-order valence-electron chi connectivity index (χ4n) is 2.69. The molecular formula is C16H19N5O. The third kappa shape index (κ3) is 3.58. The van der Waals surface area contributed by atoms with Gasteiger partial charge in [-0.3, -0.25) is 14.8 Å². The summed E-state index contributed by atoms with van der Waals surface area (Å²) in [5, 5.41) is 3.00. The molecule has 1 unspecified atom stereocenters. The molecule has 22 heavy (non-hydrogen) atoms. The normalized spacial score (nSPS) is 18.0. The zero-order chi connectivity index (χ0) is 15.2. The monoisotopic (exact) mass is 297 g/mol. The number of nitrogens with one attached hydrogen (secondary N) is 1. The summed E-state index contributed by atoms with van der Waals surface area (Å²) in [4.78, 5) is 26.9. The van der Waals surface area contributed by atoms with E-state index in [-0.39, 0.29) is 11.8 Å². The smallest absolute Gasteiger partial charge is 0.225 e. The van der Waals surface area contributed by atoms with E-state index >= 15 is 0 Å². The number of anilines is 1. The minimum atomic E-state index is -0.00701. The van der Waals surface area contributed by atoms with Crippen LogP contribution in [0.2, 0.25) is 0 Å². The van der Waals surface area contributed by atoms with Crippen LogP contribution in [-0.2, 0) is 11.3 Å². The molecule has 3 rings (SSSR count). The van der Waals surface area contributed by atoms with Crippen LogP contribution in [0.5, 0.6) is 0 Å². The molecule has 0 aliphatic carbocycles. The molecule has 1 atom stereocenters. The van der Waals surface area contributed by atoms with E-state index in [0.717, 1.165) is 30.8 Å². The van der Waals surface area contributed by atoms with Gasteiger partial charge in [0.25, 0.3) is 0 Å². The molecule has 1 amide bonds. The summed E-state index contributed by atoms with van der Waals surface area (Å²) in [7, 11) is 0. The summed E-state index contributed by atoms with van der Waals surface area (Å²) < 4.78 is 0. The van der Waals surface area contributed by atoms with Crippen molar-refractivity contribution in [1.82, 2.24) is 20.3 Å². The SMILES string of the molecule is O=C(NCc1cccnc1)C1CCCN(c2cnccn2)C1. The van der Waals surface area contributed by atoms with Crippen molar-refractivity contribution in [2.75, 3.05) is 18.0 Å². The lowest BCUT2D eigenvalue weighted by Crippen LogP contribution is -2.43. The predicted octanol–water partition coefficient (Wildman–Crippen LogP) is 1.40. The molecule has 0 spiro atoms. The van der Waals surface area contributed by atoms with E-state index in [0.29, 0.717) is 13.1 Å². The first-order valence-corrected chi connectivity index (χ1v) is 7.50. The molecule has 0 saturated carbocycles. The maximum absolute atomic E-state index is 12.4. The van der Waals surface area contributed by atoms with E-state index in [2.05, 4.69) is 25.2 Å². The van der Waals surface area contributed by atoms with Crippen LogP contribution in [0.1, 0.15) is 18.4 Å². The Morgan fingerprint density at radius 3 is 2.95 bits per heavy atom. The number of nitrogens with zero attached hydrogens (tertiary/aromatic N) is 4. The predicted molar refractivity (Wildman–Crippen MR) is 83.1 cm³/mol. The van der Waals surface area contributed by atoms with Gasteiger partial charge in [-0.05, 0) is 24.5 Å². The Kier molecular flexibility index (Phi) is 4.58. The van der Waals surface area contributed by atoms with Crippen LogP contribution in [0.25, 0.3) is 0 Å². The average Bonchev–Trinajstić information content (AvgIpc) is 2.61. The van der Waals surface area contributed by atoms with Crippen molar-refractivity contribution >= 4 is 11.7 Å². The number of hydrogen-bond donors (Lipinski definition) is 1. The van der Waals surface area contributed by atoms with Crippen LogP contribution >= 0.6 is 0 Å². The molecule has 1 fully saturated rings. The number of piperidine rings is 1. The second-order valence-corrected chi connectivity index (χ2v) is 5.43. The highest BCUT2D eigenvalue weighted by molar-refractivity contribution is 5.79. The fraction of sp³-hybridized carbons (Fsp3) is 0.375. The molecule has 1 saturated heterocycles. The van der Waals surface area contributed by atoms with Gasteiger partial charge in [0.15, 0.2) is 0 Å². The first-order valence-electron chi connectivity index (χ1n) is 7.50. The number of amides is 1. The van der Waals surface area contributed by atoms with Crippen LogP contribution < -0.4 is 10.2 Å². The van der Waals surface area contributed by atoms with Crippen LogP contribution in [0.4, 0.5) is 5.82 Å². The Hall–Kier alpha value is -2.50. The second kappa shape index (κ2) is 6.98. The standard InChI is InChI=1S/C16H19N5O/c22-16(20-10-13-3-1-5-17-9-13)14-4-2-8-21(12-14)15-11-18-6-7-19-15/h1,3,5-7,9,11,14H,2,4,8,10,12H2,(H,20,22). The van der Waals surface area contributed by atoms with Gasteiger partial charge in [-0.1, -0.05) is 6.07 Å². The maximum Gasteiger partial charge on any atom is 0.225 e. The number of pyridine rings is 1. The highest BCUT2D eigenvalue weighted by Gasteiger charge is 2.26. The minimum Gasteiger partial charge on any atom is -0.355 e. The van der Waals surface area contributed by atoms with Gasteiger partial charge in [-0.25, -0.2) is 4.98 Å². The molecular weight excluding hydrogens is 278 g/mol. The zero-order valence-corrected chi connectivity index (χ0v) is 12.4. The highest BCUT2D eigenvalue weighted by Crippen LogP contribution is 2.21. The molecule has 0 radical (unpaired) electrons. The Morgan fingerprint density at radius 1 is 1.27 bits per heavy atom. The van der Waals surface area contributed by atoms with Crippen LogP contribution in [-0.4, -0.2) is 33.9 Å². The van der Waals surface area contributed by atoms with Crippen LogP contribution in [0.15, 0.2) is 43.1 Å². The van der Waals surface area contributed by atoms with E-state index in [1.807, 2.05) is 12.1 Å². The topological polar surface area (TPSA) is 71.0 Å². The Morgan fingerprint density at radius 2 is 2.18 bits per heavy atom. The summed E-state index contributed by atoms with van der Waals surface area (Å²) in [6.45, 7) is 2.14. The van der Waals surface area contributed by atoms with Crippen molar-refractivity contribution in [3.63, 3.8) is 0 Å². The number of aromatic nitrogens is 3. The summed E-state index contributed by atoms with van der Waals surface area (Å²) in [6.07, 6.45) is 10.5. The quantitative estimate of drug-likeness (QED) is 0.924. The van der Waals surface area contributed by atoms with E-state index in [1.54, 1.807) is 31.0 Å². The minimum absolute atomic E-state index is 0.00701. The van der Waals surface area contributed by atoms with Crippen molar-refractivity contribution in [2.24, 2.45) is 5.92 Å². The molecule has 3 heterocycles. The molecule has 0 aromatic carbocycles. The number of rotatable bonds is 4. The van der Waals surface area contributed by atoms with Gasteiger partial charge in [0.2, 0.25) is 5.91 Å². The van der Waals surface area contributed by atoms with E-state index in [4.69, 9.17) is 0 Å². The van der Waals surface area contributed by atoms with Gasteiger partial charge in [-0.15, -0.1) is 0 Å². The van der Waals surface area contributed by atoms with E-state index < -0.39 is 0 Å². The van der Waals surface area contributed by atoms with Crippen LogP contribution in [0, 0.1) is 5.92 Å². The first kappa shape index (κ1) is 14.4. The van der Waals surface area contributed by atoms with Crippen molar-refractivity contribution < 1.29 is 4.79 Å². The van der Waals surface area contributed by atoms with Crippen molar-refractivity contribution in [2.45, 2.75) is 19.4 Å². The van der Waals surface area contributed by atoms with E-state index in [9.17, 15) is 4.79 Å². The lowest BCUT2D eigenvalue weighted by molar-refractivity contribution is -0.125. The van der Waals surface area contributed by atoms with Gasteiger partial charge in [0.05, 0.1) is 12.1 Å². The number of carbonyl (C=O) groups excluding carboxylic acids is 1. The van der Waals surface area contributed by atoms with Gasteiger partial charge >= 0.3 is 0 Å². The van der Waals surface area contributed by atoms with Crippen molar-refractivity contribution in [1.29, 1.82) is 0 Å². The van der Waals surface area contributed by atoms with Gasteiger partial charge in [0.1, 0.15) is 5.82 Å². The molecule has 0 bridgehead atoms. The van der Waals surface area contributed by atoms with E-state index in [1.165, 1.54) is 0 Å². The van der Waals surface area contributed by atoms with Crippen molar-refractivity contribution in [3.05, 3.63) is 48.7 Å². The first-order chi connectivity index (χ1) is 10.8. The molecule has 1 aliphatic rings. The fourth-order valence-corrected chi connectivity index (χ4v) is 2.69. The zero-order valence-electron chi connectivity index (χ0n) is 12.4. The average molecular weight is 297 g/mol. The van der Waals surface area contributed by atoms with Crippen LogP contribution in [0.3, 0.4) is 0 Å². The summed E-state index contributed by atoms with van der Waals surface area (Å²) in [5.74, 6) is 0.928. The molecule has 2 aromatic heterocycles. The molecule has 1 aliphatic heterocycles. The number of hydrogen-bond acceptors (Lipinski definition) is 5. The lowest BCUT2D eigenvalue weighted by Gasteiger charge is -2.32. The molecule has 6 nitrogen and oxygen atoms in total. The van der Waals surface area contributed by atoms with Crippen molar-refractivity contribution in [3.8, 4) is 0 Å². The highest BCUT2D eigenvalue weighted by atomic mass is 16.1. The van der Waals surface area contributed by atoms with Gasteiger partial charge in [0, 0.05) is 44.4 Å². The lowest BCUT2D eigenvalue weighted by atomic mass is 9.97. The third-order valence-electron chi connectivity index (χ3n) is 3.86. The molecule has 1 N–H and O–H groups in total. The molecule has 114 valence electrons. The summed E-state index contributed by atoms with van der Waals surface area (Å²) >= 11 is 0. The summed E-state index contributed by atoms with van der Waals surface area (Å²) in [5.41, 5.74) is 1.01. The van der Waals surface area contributed by atoms with Gasteiger partial charge in [-0.2, -0.15) is 0 Å². The van der Waals surface area contributed by atoms with Gasteiger partial charge < -0.3 is 10.2 Å². The largest absolute Gasteiger partial charge is 0.355 e. The third-order valence-corrected chi connectivity index (χ3v) is 3.86. The Bertz CT molecular complexity index is 604. The number of carbonyl (C=O) groups is 1. The summed E-state index contributed by atoms with van der Waals surface area (Å²) in [6, 6.07) is 3.83. The molecule has 6 heteroatoms.